The number of fused-ring (bicyclic) bond motifs is 1. The highest BCUT2D eigenvalue weighted by Crippen LogP contribution is 2.19. The third-order valence-electron chi connectivity index (χ3n) is 5.14. The van der Waals surface area contributed by atoms with Gasteiger partial charge in [-0.15, -0.1) is 0 Å². The molecular formula is C22H25ClN4O2. The van der Waals surface area contributed by atoms with Gasteiger partial charge in [0.2, 0.25) is 0 Å². The number of ether oxygens (including phenoxy) is 2. The molecule has 3 aromatic heterocycles. The quantitative estimate of drug-likeness (QED) is 0.646. The third-order valence-corrected chi connectivity index (χ3v) is 5.25. The molecule has 0 N–H and O–H groups in total. The van der Waals surface area contributed by atoms with Crippen LogP contribution in [0.15, 0.2) is 35.8 Å². The summed E-state index contributed by atoms with van der Waals surface area (Å²) in [5, 5.41) is 8.31. The van der Waals surface area contributed by atoms with E-state index in [1.807, 2.05) is 49.3 Å². The van der Waals surface area contributed by atoms with E-state index in [4.69, 9.17) is 21.1 Å². The van der Waals surface area contributed by atoms with Crippen molar-refractivity contribution in [2.75, 3.05) is 13.2 Å². The van der Waals surface area contributed by atoms with E-state index in [1.165, 1.54) is 0 Å². The molecule has 4 rings (SSSR count). The molecule has 0 saturated carbocycles. The van der Waals surface area contributed by atoms with Crippen LogP contribution in [0.5, 0.6) is 0 Å². The first kappa shape index (κ1) is 19.9. The Labute approximate surface area is 174 Å². The number of halogens is 1. The lowest BCUT2D eigenvalue weighted by molar-refractivity contribution is -0.0545. The maximum absolute atomic E-state index is 6.33. The smallest absolute Gasteiger partial charge is 0.177 e. The summed E-state index contributed by atoms with van der Waals surface area (Å²) in [4.78, 5) is 4.48. The Balaban J connectivity index is 1.95. The van der Waals surface area contributed by atoms with Crippen LogP contribution in [0.4, 0.5) is 0 Å². The van der Waals surface area contributed by atoms with Gasteiger partial charge in [-0.05, 0) is 32.9 Å². The maximum atomic E-state index is 6.33. The van der Waals surface area contributed by atoms with Crippen LogP contribution in [0.25, 0.3) is 23.1 Å². The fourth-order valence-electron chi connectivity index (χ4n) is 3.92. The van der Waals surface area contributed by atoms with Gasteiger partial charge in [-0.2, -0.15) is 5.10 Å². The zero-order chi connectivity index (χ0) is 20.5. The SMILES string of the molecule is C=c1/c(=C(\C=C(/C)Cl)c2cnn(CC3OCCO3)c2)n(CC)c2c(C)nccc12. The van der Waals surface area contributed by atoms with Crippen molar-refractivity contribution in [2.45, 2.75) is 40.2 Å². The van der Waals surface area contributed by atoms with Crippen molar-refractivity contribution in [3.8, 4) is 0 Å². The highest BCUT2D eigenvalue weighted by atomic mass is 35.5. The van der Waals surface area contributed by atoms with E-state index in [1.54, 1.807) is 0 Å². The minimum absolute atomic E-state index is 0.254. The number of hydrogen-bond acceptors (Lipinski definition) is 4. The number of aromatic nitrogens is 4. The normalized spacial score (nSPS) is 16.8. The van der Waals surface area contributed by atoms with Crippen molar-refractivity contribution in [1.82, 2.24) is 19.3 Å². The van der Waals surface area contributed by atoms with Crippen LogP contribution in [-0.2, 0) is 22.6 Å². The van der Waals surface area contributed by atoms with Crippen LogP contribution in [0, 0.1) is 6.92 Å². The van der Waals surface area contributed by atoms with E-state index in [0.29, 0.717) is 24.8 Å². The van der Waals surface area contributed by atoms with E-state index in [-0.39, 0.29) is 6.29 Å². The molecule has 1 saturated heterocycles. The Kier molecular flexibility index (Phi) is 5.58. The van der Waals surface area contributed by atoms with Crippen LogP contribution in [0.2, 0.25) is 0 Å². The lowest BCUT2D eigenvalue weighted by atomic mass is 10.1. The molecule has 3 aromatic rings. The molecule has 4 heterocycles. The van der Waals surface area contributed by atoms with Crippen LogP contribution in [0.3, 0.4) is 0 Å². The highest BCUT2D eigenvalue weighted by Gasteiger charge is 2.18. The highest BCUT2D eigenvalue weighted by molar-refractivity contribution is 6.29. The van der Waals surface area contributed by atoms with Crippen molar-refractivity contribution in [3.63, 3.8) is 0 Å². The summed E-state index contributed by atoms with van der Waals surface area (Å²) in [6, 6.07) is 2.02. The summed E-state index contributed by atoms with van der Waals surface area (Å²) in [6.07, 6.45) is 7.40. The van der Waals surface area contributed by atoms with E-state index < -0.39 is 0 Å². The average molecular weight is 413 g/mol. The van der Waals surface area contributed by atoms with E-state index >= 15 is 0 Å². The number of hydrogen-bond donors (Lipinski definition) is 0. The Hall–Kier alpha value is -2.41. The molecular weight excluding hydrogens is 388 g/mol. The summed E-state index contributed by atoms with van der Waals surface area (Å²) < 4.78 is 15.2. The fourth-order valence-corrected chi connectivity index (χ4v) is 4.03. The summed E-state index contributed by atoms with van der Waals surface area (Å²) in [5.74, 6) is 0. The first-order valence-corrected chi connectivity index (χ1v) is 10.1. The molecule has 7 heteroatoms. The third kappa shape index (κ3) is 3.75. The number of rotatable bonds is 5. The van der Waals surface area contributed by atoms with Crippen molar-refractivity contribution >= 4 is 34.7 Å². The summed E-state index contributed by atoms with van der Waals surface area (Å²) in [6.45, 7) is 13.0. The minimum Gasteiger partial charge on any atom is -0.348 e. The maximum Gasteiger partial charge on any atom is 0.177 e. The number of nitrogens with zero attached hydrogens (tertiary/aromatic N) is 4. The second-order valence-electron chi connectivity index (χ2n) is 7.13. The van der Waals surface area contributed by atoms with Gasteiger partial charge >= 0.3 is 0 Å². The largest absolute Gasteiger partial charge is 0.348 e. The van der Waals surface area contributed by atoms with Crippen molar-refractivity contribution in [3.05, 3.63) is 57.6 Å². The fraction of sp³-hybridized carbons (Fsp3) is 0.364. The molecule has 152 valence electrons. The molecule has 29 heavy (non-hydrogen) atoms. The minimum atomic E-state index is -0.254. The van der Waals surface area contributed by atoms with Gasteiger partial charge < -0.3 is 14.0 Å². The van der Waals surface area contributed by atoms with Gasteiger partial charge in [-0.1, -0.05) is 18.2 Å². The number of pyridine rings is 1. The molecule has 0 atom stereocenters. The monoisotopic (exact) mass is 412 g/mol. The van der Waals surface area contributed by atoms with E-state index in [9.17, 15) is 0 Å². The molecule has 1 fully saturated rings. The molecule has 1 aliphatic heterocycles. The van der Waals surface area contributed by atoms with Gasteiger partial charge in [0.05, 0.1) is 42.5 Å². The van der Waals surface area contributed by atoms with Crippen molar-refractivity contribution < 1.29 is 9.47 Å². The summed E-state index contributed by atoms with van der Waals surface area (Å²) in [7, 11) is 0. The molecule has 0 radical (unpaired) electrons. The molecule has 6 nitrogen and oxygen atoms in total. The summed E-state index contributed by atoms with van der Waals surface area (Å²) in [5.41, 5.74) is 4.04. The Morgan fingerprint density at radius 3 is 2.83 bits per heavy atom. The zero-order valence-electron chi connectivity index (χ0n) is 17.0. The Morgan fingerprint density at radius 1 is 1.38 bits per heavy atom. The average Bonchev–Trinajstić information content (AvgIpc) is 3.41. The van der Waals surface area contributed by atoms with Crippen LogP contribution >= 0.6 is 11.6 Å². The topological polar surface area (TPSA) is 54.1 Å². The molecule has 0 bridgehead atoms. The number of aryl methyl sites for hydroxylation is 2. The van der Waals surface area contributed by atoms with Crippen LogP contribution < -0.4 is 10.6 Å². The van der Waals surface area contributed by atoms with Gasteiger partial charge in [0, 0.05) is 45.7 Å². The second kappa shape index (κ2) is 8.14. The van der Waals surface area contributed by atoms with Gasteiger partial charge in [0.15, 0.2) is 6.29 Å². The second-order valence-corrected chi connectivity index (χ2v) is 7.73. The van der Waals surface area contributed by atoms with Gasteiger partial charge in [-0.3, -0.25) is 9.67 Å². The number of allylic oxidation sites excluding steroid dienone is 2. The molecule has 0 unspecified atom stereocenters. The predicted octanol–water partition coefficient (Wildman–Crippen LogP) is 2.69. The Morgan fingerprint density at radius 2 is 2.14 bits per heavy atom. The first-order chi connectivity index (χ1) is 14.0. The first-order valence-electron chi connectivity index (χ1n) is 9.76. The molecule has 0 aromatic carbocycles. The summed E-state index contributed by atoms with van der Waals surface area (Å²) >= 11 is 6.33. The Bertz CT molecular complexity index is 1180. The van der Waals surface area contributed by atoms with Gasteiger partial charge in [0.1, 0.15) is 0 Å². The molecule has 0 aliphatic carbocycles. The van der Waals surface area contributed by atoms with Crippen molar-refractivity contribution in [2.24, 2.45) is 0 Å². The standard InChI is InChI=1S/C22H25ClN4O2/c1-5-27-21(15(3)18-6-7-24-16(4)22(18)27)19(10-14(2)23)17-11-25-26(12-17)13-20-28-8-9-29-20/h6-7,10-12,20H,3,5,8-9,13H2,1-2,4H3/b14-10+,21-19-. The van der Waals surface area contributed by atoms with Crippen molar-refractivity contribution in [1.29, 1.82) is 0 Å². The molecule has 0 spiro atoms. The van der Waals surface area contributed by atoms with E-state index in [0.717, 1.165) is 44.8 Å². The van der Waals surface area contributed by atoms with Crippen LogP contribution in [0.1, 0.15) is 25.1 Å². The van der Waals surface area contributed by atoms with Gasteiger partial charge in [-0.25, -0.2) is 0 Å². The van der Waals surface area contributed by atoms with Gasteiger partial charge in [0.25, 0.3) is 0 Å². The molecule has 0 amide bonds. The predicted molar refractivity (Wildman–Crippen MR) is 115 cm³/mol. The van der Waals surface area contributed by atoms with Crippen LogP contribution in [-0.4, -0.2) is 38.8 Å². The lowest BCUT2D eigenvalue weighted by Crippen LogP contribution is -2.30. The zero-order valence-corrected chi connectivity index (χ0v) is 17.7. The molecule has 1 aliphatic rings. The lowest BCUT2D eigenvalue weighted by Gasteiger charge is -2.09. The van der Waals surface area contributed by atoms with E-state index in [2.05, 4.69) is 28.2 Å².